The summed E-state index contributed by atoms with van der Waals surface area (Å²) in [4.78, 5) is 0. The van der Waals surface area contributed by atoms with Crippen LogP contribution in [0.2, 0.25) is 0 Å². The lowest BCUT2D eigenvalue weighted by atomic mass is 10.0. The van der Waals surface area contributed by atoms with E-state index in [1.165, 1.54) is 75.5 Å². The van der Waals surface area contributed by atoms with Crippen molar-refractivity contribution >= 4 is 0 Å². The van der Waals surface area contributed by atoms with Crippen LogP contribution >= 0.6 is 0 Å². The van der Waals surface area contributed by atoms with Crippen molar-refractivity contribution in [1.82, 2.24) is 0 Å². The maximum absolute atomic E-state index is 2.41. The Bertz CT molecular complexity index is 162. The van der Waals surface area contributed by atoms with Gasteiger partial charge in [0, 0.05) is 12.8 Å². The van der Waals surface area contributed by atoms with E-state index in [2.05, 4.69) is 6.92 Å². The molecule has 1 saturated heterocycles. The maximum Gasteiger partial charge on any atom is 0.0890 e. The van der Waals surface area contributed by atoms with Gasteiger partial charge < -0.3 is 4.48 Å². The van der Waals surface area contributed by atoms with E-state index >= 15 is 0 Å². The normalized spacial score (nSPS) is 28.9. The highest BCUT2D eigenvalue weighted by Gasteiger charge is 2.37. The Balaban J connectivity index is 2.01. The molecule has 82 valence electrons. The van der Waals surface area contributed by atoms with Gasteiger partial charge in [-0.05, 0) is 32.6 Å². The molecule has 0 spiro atoms. The highest BCUT2D eigenvalue weighted by Crippen LogP contribution is 2.31. The van der Waals surface area contributed by atoms with Crippen LogP contribution in [0.15, 0.2) is 0 Å². The van der Waals surface area contributed by atoms with Crippen LogP contribution in [0.3, 0.4) is 0 Å². The van der Waals surface area contributed by atoms with E-state index in [0.717, 1.165) is 6.04 Å². The van der Waals surface area contributed by atoms with Gasteiger partial charge in [-0.15, -0.1) is 0 Å². The van der Waals surface area contributed by atoms with Gasteiger partial charge in [0.1, 0.15) is 0 Å². The number of hydrogen-bond donors (Lipinski definition) is 0. The zero-order valence-electron chi connectivity index (χ0n) is 9.80. The van der Waals surface area contributed by atoms with Crippen molar-refractivity contribution in [3.8, 4) is 0 Å². The molecule has 0 bridgehead atoms. The molecule has 0 amide bonds. The Morgan fingerprint density at radius 1 is 0.857 bits per heavy atom. The predicted molar refractivity (Wildman–Crippen MR) is 61.3 cm³/mol. The Hall–Kier alpha value is -0.0400. The molecule has 0 aromatic rings. The second kappa shape index (κ2) is 4.65. The first-order chi connectivity index (χ1) is 6.87. The quantitative estimate of drug-likeness (QED) is 0.469. The molecule has 1 heteroatoms. The number of rotatable bonds is 2. The van der Waals surface area contributed by atoms with Crippen molar-refractivity contribution in [2.24, 2.45) is 0 Å². The minimum absolute atomic E-state index is 1.03. The molecule has 0 aromatic heterocycles. The fraction of sp³-hybridized carbons (Fsp3) is 1.00. The van der Waals surface area contributed by atoms with E-state index in [1.807, 2.05) is 0 Å². The smallest absolute Gasteiger partial charge is 0.0890 e. The summed E-state index contributed by atoms with van der Waals surface area (Å²) < 4.78 is 1.49. The Labute approximate surface area is 89.1 Å². The van der Waals surface area contributed by atoms with E-state index in [-0.39, 0.29) is 0 Å². The predicted octanol–water partition coefficient (Wildman–Crippen LogP) is 3.34. The third-order valence-corrected chi connectivity index (χ3v) is 4.69. The molecule has 0 radical (unpaired) electrons. The van der Waals surface area contributed by atoms with Gasteiger partial charge >= 0.3 is 0 Å². The van der Waals surface area contributed by atoms with E-state index in [4.69, 9.17) is 0 Å². The molecule has 0 unspecified atom stereocenters. The molecule has 0 atom stereocenters. The van der Waals surface area contributed by atoms with Crippen LogP contribution in [0.4, 0.5) is 0 Å². The van der Waals surface area contributed by atoms with Crippen LogP contribution in [-0.2, 0) is 0 Å². The second-order valence-electron chi connectivity index (χ2n) is 5.33. The van der Waals surface area contributed by atoms with E-state index in [0.29, 0.717) is 0 Å². The summed E-state index contributed by atoms with van der Waals surface area (Å²) in [6.45, 7) is 6.78. The lowest BCUT2D eigenvalue weighted by Gasteiger charge is -2.40. The minimum Gasteiger partial charge on any atom is -0.321 e. The largest absolute Gasteiger partial charge is 0.321 e. The fourth-order valence-electron chi connectivity index (χ4n) is 3.71. The van der Waals surface area contributed by atoms with Crippen LogP contribution in [0.5, 0.6) is 0 Å². The maximum atomic E-state index is 2.41. The number of quaternary nitrogens is 1. The molecule has 0 N–H and O–H groups in total. The van der Waals surface area contributed by atoms with Gasteiger partial charge in [-0.25, -0.2) is 0 Å². The Kier molecular flexibility index (Phi) is 3.48. The van der Waals surface area contributed by atoms with Gasteiger partial charge in [-0.2, -0.15) is 0 Å². The summed E-state index contributed by atoms with van der Waals surface area (Å²) in [5.41, 5.74) is 0. The summed E-state index contributed by atoms with van der Waals surface area (Å²) in [6.07, 6.45) is 12.0. The first-order valence-corrected chi connectivity index (χ1v) is 6.73. The van der Waals surface area contributed by atoms with Crippen LogP contribution in [0.1, 0.15) is 58.3 Å². The van der Waals surface area contributed by atoms with Gasteiger partial charge in [0.05, 0.1) is 25.7 Å². The molecule has 1 saturated carbocycles. The molecule has 2 fully saturated rings. The standard InChI is InChI=1S/C13H26N/c1-2-14(11-7-8-12-14)13-9-5-3-4-6-10-13/h13H,2-12H2,1H3/q+1. The monoisotopic (exact) mass is 196 g/mol. The summed E-state index contributed by atoms with van der Waals surface area (Å²) in [5.74, 6) is 0. The van der Waals surface area contributed by atoms with Crippen LogP contribution in [0, 0.1) is 0 Å². The van der Waals surface area contributed by atoms with Gasteiger partial charge in [0.15, 0.2) is 0 Å². The molecule has 1 nitrogen and oxygen atoms in total. The zero-order valence-corrected chi connectivity index (χ0v) is 9.80. The van der Waals surface area contributed by atoms with Crippen molar-refractivity contribution in [3.63, 3.8) is 0 Å². The third-order valence-electron chi connectivity index (χ3n) is 4.69. The first-order valence-electron chi connectivity index (χ1n) is 6.73. The molecule has 1 heterocycles. The SMILES string of the molecule is CC[N+]1(C2CCCCCC2)CCCC1. The molecule has 2 aliphatic rings. The van der Waals surface area contributed by atoms with Crippen LogP contribution < -0.4 is 0 Å². The number of nitrogens with zero attached hydrogens (tertiary/aromatic N) is 1. The van der Waals surface area contributed by atoms with E-state index < -0.39 is 0 Å². The van der Waals surface area contributed by atoms with Crippen molar-refractivity contribution in [2.45, 2.75) is 64.3 Å². The fourth-order valence-corrected chi connectivity index (χ4v) is 3.71. The second-order valence-corrected chi connectivity index (χ2v) is 5.33. The molecule has 0 aromatic carbocycles. The lowest BCUT2D eigenvalue weighted by molar-refractivity contribution is -0.939. The lowest BCUT2D eigenvalue weighted by Crippen LogP contribution is -2.52. The molecule has 14 heavy (non-hydrogen) atoms. The van der Waals surface area contributed by atoms with Gasteiger partial charge in [-0.1, -0.05) is 12.8 Å². The summed E-state index contributed by atoms with van der Waals surface area (Å²) in [7, 11) is 0. The highest BCUT2D eigenvalue weighted by atomic mass is 15.4. The van der Waals surface area contributed by atoms with Gasteiger partial charge in [0.25, 0.3) is 0 Å². The molecule has 1 aliphatic heterocycles. The summed E-state index contributed by atoms with van der Waals surface area (Å²) >= 11 is 0. The van der Waals surface area contributed by atoms with Gasteiger partial charge in [-0.3, -0.25) is 0 Å². The van der Waals surface area contributed by atoms with Crippen molar-refractivity contribution in [2.75, 3.05) is 19.6 Å². The van der Waals surface area contributed by atoms with Crippen LogP contribution in [-0.4, -0.2) is 30.2 Å². The third kappa shape index (κ3) is 1.98. The molecular weight excluding hydrogens is 170 g/mol. The average molecular weight is 196 g/mol. The van der Waals surface area contributed by atoms with Crippen LogP contribution in [0.25, 0.3) is 0 Å². The Morgan fingerprint density at radius 2 is 1.43 bits per heavy atom. The van der Waals surface area contributed by atoms with Crippen molar-refractivity contribution < 1.29 is 4.48 Å². The molecule has 2 rings (SSSR count). The van der Waals surface area contributed by atoms with Gasteiger partial charge in [0.2, 0.25) is 0 Å². The van der Waals surface area contributed by atoms with E-state index in [9.17, 15) is 0 Å². The summed E-state index contributed by atoms with van der Waals surface area (Å²) in [5, 5.41) is 0. The van der Waals surface area contributed by atoms with Crippen molar-refractivity contribution in [1.29, 1.82) is 0 Å². The molecular formula is C13H26N+. The average Bonchev–Trinajstić information content (AvgIpc) is 2.54. The minimum atomic E-state index is 1.03. The first kappa shape index (κ1) is 10.5. The number of hydrogen-bond acceptors (Lipinski definition) is 0. The Morgan fingerprint density at radius 3 is 1.93 bits per heavy atom. The highest BCUT2D eigenvalue weighted by molar-refractivity contribution is 4.69. The molecule has 1 aliphatic carbocycles. The van der Waals surface area contributed by atoms with Crippen molar-refractivity contribution in [3.05, 3.63) is 0 Å². The summed E-state index contributed by atoms with van der Waals surface area (Å²) in [6, 6.07) is 1.03. The number of likely N-dealkylation sites (tertiary alicyclic amines) is 1. The van der Waals surface area contributed by atoms with E-state index in [1.54, 1.807) is 0 Å². The topological polar surface area (TPSA) is 0 Å². The zero-order chi connectivity index (χ0) is 9.86.